The van der Waals surface area contributed by atoms with Crippen molar-refractivity contribution in [3.05, 3.63) is 41.7 Å². The summed E-state index contributed by atoms with van der Waals surface area (Å²) in [4.78, 5) is 2.39. The SMILES string of the molecule is Cn1nccc1CCN1CCc2cccc(N)c21. The van der Waals surface area contributed by atoms with Crippen LogP contribution in [0.3, 0.4) is 0 Å². The van der Waals surface area contributed by atoms with Crippen LogP contribution in [0.4, 0.5) is 11.4 Å². The molecule has 2 heterocycles. The Kier molecular flexibility index (Phi) is 2.70. The molecule has 0 bridgehead atoms. The number of nitrogens with two attached hydrogens (primary N) is 1. The van der Waals surface area contributed by atoms with Gasteiger partial charge in [0, 0.05) is 38.4 Å². The molecule has 1 aliphatic heterocycles. The first-order valence-corrected chi connectivity index (χ1v) is 6.35. The number of nitrogens with zero attached hydrogens (tertiary/aromatic N) is 3. The third kappa shape index (κ3) is 1.83. The predicted molar refractivity (Wildman–Crippen MR) is 73.7 cm³/mol. The molecule has 1 aromatic carbocycles. The minimum atomic E-state index is 0.898. The van der Waals surface area contributed by atoms with E-state index in [1.807, 2.05) is 30.1 Å². The summed E-state index contributed by atoms with van der Waals surface area (Å²) in [6.45, 7) is 2.07. The normalized spacial score (nSPS) is 13.9. The lowest BCUT2D eigenvalue weighted by Gasteiger charge is -2.20. The molecule has 18 heavy (non-hydrogen) atoms. The highest BCUT2D eigenvalue weighted by Crippen LogP contribution is 2.33. The topological polar surface area (TPSA) is 47.1 Å². The van der Waals surface area contributed by atoms with Gasteiger partial charge in [-0.25, -0.2) is 0 Å². The van der Waals surface area contributed by atoms with E-state index in [1.54, 1.807) is 0 Å². The molecule has 1 aliphatic rings. The number of aromatic nitrogens is 2. The molecule has 0 radical (unpaired) electrons. The Morgan fingerprint density at radius 3 is 3.00 bits per heavy atom. The lowest BCUT2D eigenvalue weighted by molar-refractivity contribution is 0.692. The molecule has 4 heteroatoms. The molecule has 0 fully saturated rings. The Morgan fingerprint density at radius 2 is 2.22 bits per heavy atom. The minimum Gasteiger partial charge on any atom is -0.397 e. The van der Waals surface area contributed by atoms with Crippen LogP contribution in [-0.2, 0) is 19.9 Å². The van der Waals surface area contributed by atoms with E-state index in [0.717, 1.165) is 31.6 Å². The summed E-state index contributed by atoms with van der Waals surface area (Å²) in [6.07, 6.45) is 3.96. The van der Waals surface area contributed by atoms with E-state index in [4.69, 9.17) is 5.73 Å². The molecule has 0 amide bonds. The second-order valence-corrected chi connectivity index (χ2v) is 4.79. The van der Waals surface area contributed by atoms with Gasteiger partial charge in [0.1, 0.15) is 0 Å². The molecule has 2 N–H and O–H groups in total. The Morgan fingerprint density at radius 1 is 1.33 bits per heavy atom. The average molecular weight is 242 g/mol. The molecule has 4 nitrogen and oxygen atoms in total. The quantitative estimate of drug-likeness (QED) is 0.832. The second-order valence-electron chi connectivity index (χ2n) is 4.79. The van der Waals surface area contributed by atoms with E-state index in [1.165, 1.54) is 16.9 Å². The standard InChI is InChI=1S/C14H18N4/c1-17-12(5-8-16-17)7-10-18-9-6-11-3-2-4-13(15)14(11)18/h2-5,8H,6-7,9-10,15H2,1H3. The largest absolute Gasteiger partial charge is 0.397 e. The van der Waals surface area contributed by atoms with Gasteiger partial charge in [0.15, 0.2) is 0 Å². The lowest BCUT2D eigenvalue weighted by Crippen LogP contribution is -2.24. The van der Waals surface area contributed by atoms with Crippen LogP contribution < -0.4 is 10.6 Å². The summed E-state index contributed by atoms with van der Waals surface area (Å²) >= 11 is 0. The molecule has 1 aromatic heterocycles. The van der Waals surface area contributed by atoms with E-state index in [9.17, 15) is 0 Å². The number of fused-ring (bicyclic) bond motifs is 1. The van der Waals surface area contributed by atoms with Gasteiger partial charge >= 0.3 is 0 Å². The van der Waals surface area contributed by atoms with Crippen LogP contribution in [0, 0.1) is 0 Å². The molecular weight excluding hydrogens is 224 g/mol. The predicted octanol–water partition coefficient (Wildman–Crippen LogP) is 1.61. The van der Waals surface area contributed by atoms with Crippen LogP contribution in [0.2, 0.25) is 0 Å². The monoisotopic (exact) mass is 242 g/mol. The van der Waals surface area contributed by atoms with Crippen molar-refractivity contribution in [2.75, 3.05) is 23.7 Å². The summed E-state index contributed by atoms with van der Waals surface area (Å²) in [7, 11) is 1.99. The highest BCUT2D eigenvalue weighted by atomic mass is 15.3. The van der Waals surface area contributed by atoms with Crippen LogP contribution in [0.1, 0.15) is 11.3 Å². The van der Waals surface area contributed by atoms with Gasteiger partial charge in [0.2, 0.25) is 0 Å². The van der Waals surface area contributed by atoms with Gasteiger partial charge in [-0.05, 0) is 24.1 Å². The van der Waals surface area contributed by atoms with Crippen LogP contribution in [0.15, 0.2) is 30.5 Å². The van der Waals surface area contributed by atoms with Crippen molar-refractivity contribution in [3.63, 3.8) is 0 Å². The number of rotatable bonds is 3. The summed E-state index contributed by atoms with van der Waals surface area (Å²) in [5.41, 5.74) is 10.9. The van der Waals surface area contributed by atoms with Crippen LogP contribution in [-0.4, -0.2) is 22.9 Å². The maximum atomic E-state index is 6.08. The Bertz CT molecular complexity index is 559. The van der Waals surface area contributed by atoms with Gasteiger partial charge in [0.05, 0.1) is 11.4 Å². The number of nitrogen functional groups attached to an aromatic ring is 1. The van der Waals surface area contributed by atoms with Gasteiger partial charge in [0.25, 0.3) is 0 Å². The van der Waals surface area contributed by atoms with Crippen molar-refractivity contribution in [2.45, 2.75) is 12.8 Å². The smallest absolute Gasteiger partial charge is 0.0633 e. The van der Waals surface area contributed by atoms with Gasteiger partial charge < -0.3 is 10.6 Å². The zero-order valence-corrected chi connectivity index (χ0v) is 10.6. The second kappa shape index (κ2) is 4.37. The maximum Gasteiger partial charge on any atom is 0.0633 e. The molecule has 0 atom stereocenters. The average Bonchev–Trinajstić information content (AvgIpc) is 2.94. The number of hydrogen-bond acceptors (Lipinski definition) is 3. The van der Waals surface area contributed by atoms with E-state index >= 15 is 0 Å². The van der Waals surface area contributed by atoms with Gasteiger partial charge in [-0.1, -0.05) is 12.1 Å². The number of benzene rings is 1. The molecule has 94 valence electrons. The fourth-order valence-electron chi connectivity index (χ4n) is 2.69. The zero-order valence-electron chi connectivity index (χ0n) is 10.6. The molecule has 2 aromatic rings. The van der Waals surface area contributed by atoms with E-state index in [0.29, 0.717) is 0 Å². The summed E-state index contributed by atoms with van der Waals surface area (Å²) in [5, 5.41) is 4.20. The van der Waals surface area contributed by atoms with Gasteiger partial charge in [-0.3, -0.25) is 4.68 Å². The van der Waals surface area contributed by atoms with Gasteiger partial charge in [-0.15, -0.1) is 0 Å². The van der Waals surface area contributed by atoms with Gasteiger partial charge in [-0.2, -0.15) is 5.10 Å². The van der Waals surface area contributed by atoms with E-state index < -0.39 is 0 Å². The number of hydrogen-bond donors (Lipinski definition) is 1. The summed E-state index contributed by atoms with van der Waals surface area (Å²) in [5.74, 6) is 0. The third-order valence-corrected chi connectivity index (χ3v) is 3.68. The lowest BCUT2D eigenvalue weighted by atomic mass is 10.1. The third-order valence-electron chi connectivity index (χ3n) is 3.68. The highest BCUT2D eigenvalue weighted by molar-refractivity contribution is 5.74. The fourth-order valence-corrected chi connectivity index (χ4v) is 2.69. The van der Waals surface area contributed by atoms with Crippen molar-refractivity contribution in [1.29, 1.82) is 0 Å². The van der Waals surface area contributed by atoms with E-state index in [2.05, 4.69) is 22.1 Å². The highest BCUT2D eigenvalue weighted by Gasteiger charge is 2.20. The molecule has 0 aliphatic carbocycles. The van der Waals surface area contributed by atoms with Crippen molar-refractivity contribution in [1.82, 2.24) is 9.78 Å². The van der Waals surface area contributed by atoms with Crippen molar-refractivity contribution in [2.24, 2.45) is 7.05 Å². The molecular formula is C14H18N4. The van der Waals surface area contributed by atoms with Crippen LogP contribution >= 0.6 is 0 Å². The fraction of sp³-hybridized carbons (Fsp3) is 0.357. The maximum absolute atomic E-state index is 6.08. The first-order chi connectivity index (χ1) is 8.75. The number of anilines is 2. The molecule has 0 unspecified atom stereocenters. The zero-order chi connectivity index (χ0) is 12.5. The summed E-state index contributed by atoms with van der Waals surface area (Å²) in [6, 6.07) is 8.28. The molecule has 3 rings (SSSR count). The minimum absolute atomic E-state index is 0.898. The van der Waals surface area contributed by atoms with Crippen molar-refractivity contribution in [3.8, 4) is 0 Å². The van der Waals surface area contributed by atoms with Crippen LogP contribution in [0.5, 0.6) is 0 Å². The molecule has 0 saturated carbocycles. The first-order valence-electron chi connectivity index (χ1n) is 6.35. The Labute approximate surface area is 107 Å². The molecule has 0 spiro atoms. The van der Waals surface area contributed by atoms with Crippen molar-refractivity contribution < 1.29 is 0 Å². The molecule has 0 saturated heterocycles. The number of aryl methyl sites for hydroxylation is 1. The Hall–Kier alpha value is -1.97. The number of para-hydroxylation sites is 1. The first kappa shape index (κ1) is 11.1. The van der Waals surface area contributed by atoms with Crippen LogP contribution in [0.25, 0.3) is 0 Å². The Balaban J connectivity index is 1.75. The van der Waals surface area contributed by atoms with Crippen molar-refractivity contribution >= 4 is 11.4 Å². The summed E-state index contributed by atoms with van der Waals surface area (Å²) < 4.78 is 1.94. The van der Waals surface area contributed by atoms with E-state index in [-0.39, 0.29) is 0 Å².